The van der Waals surface area contributed by atoms with Crippen molar-refractivity contribution in [2.75, 3.05) is 0 Å². The molecule has 0 saturated heterocycles. The molecule has 1 aliphatic carbocycles. The Morgan fingerprint density at radius 3 is 2.58 bits per heavy atom. The first-order valence-corrected chi connectivity index (χ1v) is 5.21. The quantitative estimate of drug-likeness (QED) is 0.640. The third-order valence-corrected chi connectivity index (χ3v) is 2.94. The molecule has 0 aromatic carbocycles. The standard InChI is InChI=1S/C11H21N/c1-3-5-9(4-2)10-6-7-11(12)8-10/h6-7,9-11H,3-5,8,12H2,1-2H3. The van der Waals surface area contributed by atoms with Gasteiger partial charge in [0.15, 0.2) is 0 Å². The summed E-state index contributed by atoms with van der Waals surface area (Å²) in [5.74, 6) is 1.64. The summed E-state index contributed by atoms with van der Waals surface area (Å²) in [4.78, 5) is 0. The molecule has 1 aliphatic rings. The minimum absolute atomic E-state index is 0.334. The van der Waals surface area contributed by atoms with Crippen LogP contribution in [0.4, 0.5) is 0 Å². The zero-order valence-corrected chi connectivity index (χ0v) is 8.29. The smallest absolute Gasteiger partial charge is 0.0229 e. The van der Waals surface area contributed by atoms with Crippen molar-refractivity contribution in [1.82, 2.24) is 0 Å². The lowest BCUT2D eigenvalue weighted by Crippen LogP contribution is -2.18. The van der Waals surface area contributed by atoms with Gasteiger partial charge >= 0.3 is 0 Å². The van der Waals surface area contributed by atoms with Crippen LogP contribution in [0.3, 0.4) is 0 Å². The fraction of sp³-hybridized carbons (Fsp3) is 0.818. The van der Waals surface area contributed by atoms with Crippen molar-refractivity contribution < 1.29 is 0 Å². The Kier molecular flexibility index (Phi) is 3.80. The van der Waals surface area contributed by atoms with Crippen molar-refractivity contribution in [3.05, 3.63) is 12.2 Å². The van der Waals surface area contributed by atoms with Crippen molar-refractivity contribution in [1.29, 1.82) is 0 Å². The molecule has 0 radical (unpaired) electrons. The molecule has 0 aromatic heterocycles. The average Bonchev–Trinajstić information content (AvgIpc) is 2.47. The average molecular weight is 167 g/mol. The minimum Gasteiger partial charge on any atom is -0.324 e. The molecule has 0 aromatic rings. The first-order chi connectivity index (χ1) is 5.77. The second kappa shape index (κ2) is 4.66. The van der Waals surface area contributed by atoms with E-state index in [1.165, 1.54) is 25.7 Å². The molecule has 3 atom stereocenters. The topological polar surface area (TPSA) is 26.0 Å². The molecule has 12 heavy (non-hydrogen) atoms. The van der Waals surface area contributed by atoms with Crippen LogP contribution in [0.5, 0.6) is 0 Å². The van der Waals surface area contributed by atoms with Crippen LogP contribution in [-0.2, 0) is 0 Å². The maximum Gasteiger partial charge on any atom is 0.0229 e. The normalized spacial score (nSPS) is 30.9. The lowest BCUT2D eigenvalue weighted by molar-refractivity contribution is 0.343. The van der Waals surface area contributed by atoms with Crippen LogP contribution >= 0.6 is 0 Å². The van der Waals surface area contributed by atoms with Crippen LogP contribution in [0.15, 0.2) is 12.2 Å². The first-order valence-electron chi connectivity index (χ1n) is 5.21. The summed E-state index contributed by atoms with van der Waals surface area (Å²) in [5.41, 5.74) is 5.83. The van der Waals surface area contributed by atoms with Crippen molar-refractivity contribution in [3.8, 4) is 0 Å². The van der Waals surface area contributed by atoms with E-state index >= 15 is 0 Å². The van der Waals surface area contributed by atoms with Crippen LogP contribution in [0.1, 0.15) is 39.5 Å². The molecule has 0 bridgehead atoms. The summed E-state index contributed by atoms with van der Waals surface area (Å²) >= 11 is 0. The summed E-state index contributed by atoms with van der Waals surface area (Å²) in [5, 5.41) is 0. The summed E-state index contributed by atoms with van der Waals surface area (Å²) < 4.78 is 0. The molecule has 0 spiro atoms. The van der Waals surface area contributed by atoms with Crippen molar-refractivity contribution >= 4 is 0 Å². The van der Waals surface area contributed by atoms with Gasteiger partial charge in [-0.2, -0.15) is 0 Å². The number of allylic oxidation sites excluding steroid dienone is 1. The van der Waals surface area contributed by atoms with E-state index in [0.29, 0.717) is 6.04 Å². The van der Waals surface area contributed by atoms with Crippen LogP contribution in [-0.4, -0.2) is 6.04 Å². The van der Waals surface area contributed by atoms with E-state index in [9.17, 15) is 0 Å². The Morgan fingerprint density at radius 1 is 1.42 bits per heavy atom. The molecule has 0 fully saturated rings. The Bertz CT molecular complexity index is 151. The zero-order valence-electron chi connectivity index (χ0n) is 8.29. The minimum atomic E-state index is 0.334. The van der Waals surface area contributed by atoms with E-state index in [-0.39, 0.29) is 0 Å². The molecule has 1 rings (SSSR count). The van der Waals surface area contributed by atoms with Gasteiger partial charge in [0.05, 0.1) is 0 Å². The van der Waals surface area contributed by atoms with Gasteiger partial charge in [0.25, 0.3) is 0 Å². The fourth-order valence-corrected chi connectivity index (χ4v) is 2.20. The molecule has 0 aliphatic heterocycles. The highest BCUT2D eigenvalue weighted by atomic mass is 14.6. The van der Waals surface area contributed by atoms with Gasteiger partial charge in [-0.3, -0.25) is 0 Å². The molecule has 0 heterocycles. The van der Waals surface area contributed by atoms with Gasteiger partial charge in [0.2, 0.25) is 0 Å². The highest BCUT2D eigenvalue weighted by molar-refractivity contribution is 5.06. The maximum atomic E-state index is 5.83. The molecular formula is C11H21N. The second-order valence-electron chi connectivity index (χ2n) is 3.91. The Morgan fingerprint density at radius 2 is 2.17 bits per heavy atom. The summed E-state index contributed by atoms with van der Waals surface area (Å²) in [6, 6.07) is 0.334. The number of rotatable bonds is 4. The van der Waals surface area contributed by atoms with Crippen LogP contribution in [0, 0.1) is 11.8 Å². The molecule has 2 N–H and O–H groups in total. The molecule has 0 amide bonds. The molecule has 70 valence electrons. The third kappa shape index (κ3) is 2.34. The Labute approximate surface area is 76.0 Å². The van der Waals surface area contributed by atoms with Gasteiger partial charge in [0, 0.05) is 6.04 Å². The van der Waals surface area contributed by atoms with E-state index in [1.54, 1.807) is 0 Å². The summed E-state index contributed by atoms with van der Waals surface area (Å²) in [7, 11) is 0. The van der Waals surface area contributed by atoms with Crippen LogP contribution < -0.4 is 5.73 Å². The Hall–Kier alpha value is -0.300. The summed E-state index contributed by atoms with van der Waals surface area (Å²) in [6.45, 7) is 4.55. The van der Waals surface area contributed by atoms with E-state index in [1.807, 2.05) is 0 Å². The second-order valence-corrected chi connectivity index (χ2v) is 3.91. The number of hydrogen-bond donors (Lipinski definition) is 1. The van der Waals surface area contributed by atoms with E-state index in [2.05, 4.69) is 26.0 Å². The zero-order chi connectivity index (χ0) is 8.97. The largest absolute Gasteiger partial charge is 0.324 e. The summed E-state index contributed by atoms with van der Waals surface area (Å²) in [6.07, 6.45) is 9.64. The van der Waals surface area contributed by atoms with Gasteiger partial charge in [-0.25, -0.2) is 0 Å². The fourth-order valence-electron chi connectivity index (χ4n) is 2.20. The van der Waals surface area contributed by atoms with Gasteiger partial charge in [-0.05, 0) is 18.3 Å². The highest BCUT2D eigenvalue weighted by Gasteiger charge is 2.22. The molecule has 1 heteroatoms. The van der Waals surface area contributed by atoms with Crippen molar-refractivity contribution in [2.24, 2.45) is 17.6 Å². The predicted molar refractivity (Wildman–Crippen MR) is 53.9 cm³/mol. The lowest BCUT2D eigenvalue weighted by Gasteiger charge is -2.20. The predicted octanol–water partition coefficient (Wildman–Crippen LogP) is 2.72. The number of nitrogens with two attached hydrogens (primary N) is 1. The number of hydrogen-bond acceptors (Lipinski definition) is 1. The van der Waals surface area contributed by atoms with Crippen molar-refractivity contribution in [2.45, 2.75) is 45.6 Å². The highest BCUT2D eigenvalue weighted by Crippen LogP contribution is 2.30. The molecule has 1 nitrogen and oxygen atoms in total. The third-order valence-electron chi connectivity index (χ3n) is 2.94. The first kappa shape index (κ1) is 9.79. The molecule has 3 unspecified atom stereocenters. The van der Waals surface area contributed by atoms with Gasteiger partial charge in [-0.15, -0.1) is 0 Å². The van der Waals surface area contributed by atoms with E-state index < -0.39 is 0 Å². The Balaban J connectivity index is 2.39. The monoisotopic (exact) mass is 167 g/mol. The SMILES string of the molecule is CCCC(CC)C1C=CC(N)C1. The maximum absolute atomic E-state index is 5.83. The van der Waals surface area contributed by atoms with Crippen LogP contribution in [0.25, 0.3) is 0 Å². The van der Waals surface area contributed by atoms with Gasteiger partial charge < -0.3 is 5.73 Å². The van der Waals surface area contributed by atoms with E-state index in [0.717, 1.165) is 11.8 Å². The van der Waals surface area contributed by atoms with E-state index in [4.69, 9.17) is 5.73 Å². The lowest BCUT2D eigenvalue weighted by atomic mass is 9.86. The van der Waals surface area contributed by atoms with Crippen molar-refractivity contribution in [3.63, 3.8) is 0 Å². The van der Waals surface area contributed by atoms with Gasteiger partial charge in [0.1, 0.15) is 0 Å². The van der Waals surface area contributed by atoms with Gasteiger partial charge in [-0.1, -0.05) is 45.3 Å². The molecule has 0 saturated carbocycles. The molecular weight excluding hydrogens is 146 g/mol. The van der Waals surface area contributed by atoms with Crippen LogP contribution in [0.2, 0.25) is 0 Å².